The van der Waals surface area contributed by atoms with Crippen molar-refractivity contribution in [2.45, 2.75) is 32.2 Å². The number of aliphatic hydroxyl groups is 1. The molecule has 0 aliphatic carbocycles. The molecule has 0 aliphatic rings. The molecule has 100 valence electrons. The van der Waals surface area contributed by atoms with Gasteiger partial charge in [0.25, 0.3) is 5.91 Å². The summed E-state index contributed by atoms with van der Waals surface area (Å²) in [4.78, 5) is 12.1. The van der Waals surface area contributed by atoms with Gasteiger partial charge < -0.3 is 16.2 Å². The number of nitrogens with two attached hydrogens (primary N) is 1. The van der Waals surface area contributed by atoms with Gasteiger partial charge in [-0.15, -0.1) is 0 Å². The number of hydrogen-bond acceptors (Lipinski definition) is 3. The van der Waals surface area contributed by atoms with E-state index in [1.54, 1.807) is 12.1 Å². The summed E-state index contributed by atoms with van der Waals surface area (Å²) in [6.07, 6.45) is 1.30. The van der Waals surface area contributed by atoms with E-state index in [1.807, 2.05) is 13.8 Å². The number of anilines is 1. The lowest BCUT2D eigenvalue weighted by molar-refractivity contribution is 0.0818. The van der Waals surface area contributed by atoms with Crippen LogP contribution in [-0.4, -0.2) is 23.2 Å². The van der Waals surface area contributed by atoms with E-state index in [9.17, 15) is 9.90 Å². The summed E-state index contributed by atoms with van der Waals surface area (Å²) < 4.78 is 0. The Labute approximate surface area is 112 Å². The molecule has 0 bridgehead atoms. The second kappa shape index (κ2) is 6.07. The molecule has 1 amide bonds. The molecule has 0 aliphatic heterocycles. The molecule has 0 aromatic heterocycles. The van der Waals surface area contributed by atoms with Gasteiger partial charge in [-0.1, -0.05) is 25.4 Å². The molecule has 4 N–H and O–H groups in total. The number of halogens is 1. The molecule has 0 atom stereocenters. The van der Waals surface area contributed by atoms with Crippen LogP contribution in [-0.2, 0) is 0 Å². The van der Waals surface area contributed by atoms with Crippen molar-refractivity contribution in [3.05, 3.63) is 28.8 Å². The molecule has 5 heteroatoms. The maximum atomic E-state index is 12.1. The minimum absolute atomic E-state index is 0.0989. The molecule has 0 fully saturated rings. The summed E-state index contributed by atoms with van der Waals surface area (Å²) in [5.74, 6) is -0.294. The first-order chi connectivity index (χ1) is 8.48. The Balaban J connectivity index is 2.94. The van der Waals surface area contributed by atoms with Crippen molar-refractivity contribution in [3.63, 3.8) is 0 Å². The number of hydrogen-bond donors (Lipinski definition) is 3. The zero-order valence-corrected chi connectivity index (χ0v) is 11.4. The van der Waals surface area contributed by atoms with Crippen LogP contribution in [0.3, 0.4) is 0 Å². The van der Waals surface area contributed by atoms with E-state index >= 15 is 0 Å². The number of benzene rings is 1. The van der Waals surface area contributed by atoms with Crippen LogP contribution in [0.1, 0.15) is 37.0 Å². The second-order valence-electron chi connectivity index (χ2n) is 4.34. The van der Waals surface area contributed by atoms with Crippen molar-refractivity contribution in [1.29, 1.82) is 0 Å². The van der Waals surface area contributed by atoms with Crippen LogP contribution in [0.15, 0.2) is 18.2 Å². The number of nitrogens with one attached hydrogen (secondary N) is 1. The highest BCUT2D eigenvalue weighted by Gasteiger charge is 2.28. The molecular formula is C13H19ClN2O2. The van der Waals surface area contributed by atoms with Gasteiger partial charge in [0.1, 0.15) is 0 Å². The molecule has 4 nitrogen and oxygen atoms in total. The fourth-order valence-corrected chi connectivity index (χ4v) is 1.99. The molecule has 1 rings (SSSR count). The number of nitrogen functional groups attached to an aromatic ring is 1. The molecule has 0 spiro atoms. The first kappa shape index (κ1) is 14.8. The Morgan fingerprint density at radius 2 is 2.06 bits per heavy atom. The lowest BCUT2D eigenvalue weighted by Crippen LogP contribution is -2.50. The average Bonchev–Trinajstić information content (AvgIpc) is 2.36. The Kier molecular flexibility index (Phi) is 4.99. The third kappa shape index (κ3) is 3.15. The van der Waals surface area contributed by atoms with Gasteiger partial charge in [0.15, 0.2) is 0 Å². The fourth-order valence-electron chi connectivity index (χ4n) is 1.71. The predicted octanol–water partition coefficient (Wildman–Crippen LogP) is 2.20. The largest absolute Gasteiger partial charge is 0.399 e. The first-order valence-corrected chi connectivity index (χ1v) is 6.34. The Morgan fingerprint density at radius 1 is 1.44 bits per heavy atom. The van der Waals surface area contributed by atoms with Gasteiger partial charge in [0.05, 0.1) is 22.7 Å². The van der Waals surface area contributed by atoms with E-state index < -0.39 is 5.54 Å². The number of carbonyl (C=O) groups is 1. The topological polar surface area (TPSA) is 75.3 Å². The smallest absolute Gasteiger partial charge is 0.253 e. The monoisotopic (exact) mass is 270 g/mol. The lowest BCUT2D eigenvalue weighted by atomic mass is 9.93. The van der Waals surface area contributed by atoms with Crippen LogP contribution in [0.25, 0.3) is 0 Å². The number of aliphatic hydroxyl groups excluding tert-OH is 1. The van der Waals surface area contributed by atoms with Gasteiger partial charge in [0.2, 0.25) is 0 Å². The molecule has 1 aromatic rings. The number of amides is 1. The number of rotatable bonds is 5. The van der Waals surface area contributed by atoms with E-state index in [2.05, 4.69) is 5.32 Å². The van der Waals surface area contributed by atoms with Crippen LogP contribution in [0.4, 0.5) is 5.69 Å². The number of carbonyl (C=O) groups excluding carboxylic acids is 1. The molecule has 1 aromatic carbocycles. The zero-order chi connectivity index (χ0) is 13.8. The average molecular weight is 271 g/mol. The zero-order valence-electron chi connectivity index (χ0n) is 10.7. The van der Waals surface area contributed by atoms with Gasteiger partial charge in [-0.2, -0.15) is 0 Å². The van der Waals surface area contributed by atoms with Crippen molar-refractivity contribution in [2.75, 3.05) is 12.3 Å². The highest BCUT2D eigenvalue weighted by Crippen LogP contribution is 2.21. The van der Waals surface area contributed by atoms with E-state index in [1.165, 1.54) is 6.07 Å². The standard InChI is InChI=1S/C13H19ClN2O2/c1-3-13(4-2,8-17)16-12(18)10-6-5-9(15)7-11(10)14/h5-7,17H,3-4,8,15H2,1-2H3,(H,16,18). The molecule has 18 heavy (non-hydrogen) atoms. The Morgan fingerprint density at radius 3 is 2.50 bits per heavy atom. The summed E-state index contributed by atoms with van der Waals surface area (Å²) in [6, 6.07) is 4.74. The SMILES string of the molecule is CCC(CC)(CO)NC(=O)c1ccc(N)cc1Cl. The maximum absolute atomic E-state index is 12.1. The van der Waals surface area contributed by atoms with Crippen LogP contribution in [0.5, 0.6) is 0 Å². The van der Waals surface area contributed by atoms with Gasteiger partial charge in [-0.3, -0.25) is 4.79 Å². The summed E-state index contributed by atoms with van der Waals surface area (Å²) in [7, 11) is 0. The van der Waals surface area contributed by atoms with Gasteiger partial charge >= 0.3 is 0 Å². The molecule has 0 radical (unpaired) electrons. The summed E-state index contributed by atoms with van der Waals surface area (Å²) in [6.45, 7) is 3.74. The van der Waals surface area contributed by atoms with Crippen molar-refractivity contribution in [1.82, 2.24) is 5.32 Å². The van der Waals surface area contributed by atoms with Crippen LogP contribution < -0.4 is 11.1 Å². The maximum Gasteiger partial charge on any atom is 0.253 e. The van der Waals surface area contributed by atoms with E-state index in [4.69, 9.17) is 17.3 Å². The summed E-state index contributed by atoms with van der Waals surface area (Å²) >= 11 is 5.98. The van der Waals surface area contributed by atoms with Crippen molar-refractivity contribution in [2.24, 2.45) is 0 Å². The normalized spacial score (nSPS) is 11.3. The van der Waals surface area contributed by atoms with Crippen molar-refractivity contribution in [3.8, 4) is 0 Å². The first-order valence-electron chi connectivity index (χ1n) is 5.96. The summed E-state index contributed by atoms with van der Waals surface area (Å²) in [5.41, 5.74) is 5.86. The Hall–Kier alpha value is -1.26. The Bertz CT molecular complexity index is 423. The minimum Gasteiger partial charge on any atom is -0.399 e. The highest BCUT2D eigenvalue weighted by atomic mass is 35.5. The highest BCUT2D eigenvalue weighted by molar-refractivity contribution is 6.34. The van der Waals surface area contributed by atoms with Gasteiger partial charge in [0, 0.05) is 5.69 Å². The van der Waals surface area contributed by atoms with Crippen LogP contribution >= 0.6 is 11.6 Å². The van der Waals surface area contributed by atoms with Gasteiger partial charge in [-0.05, 0) is 31.0 Å². The molecular weight excluding hydrogens is 252 g/mol. The quantitative estimate of drug-likeness (QED) is 0.718. The minimum atomic E-state index is -0.595. The van der Waals surface area contributed by atoms with E-state index in [-0.39, 0.29) is 12.5 Å². The van der Waals surface area contributed by atoms with E-state index in [0.29, 0.717) is 29.1 Å². The molecule has 0 saturated carbocycles. The van der Waals surface area contributed by atoms with Crippen LogP contribution in [0.2, 0.25) is 5.02 Å². The van der Waals surface area contributed by atoms with Gasteiger partial charge in [-0.25, -0.2) is 0 Å². The van der Waals surface area contributed by atoms with Crippen molar-refractivity contribution >= 4 is 23.2 Å². The third-order valence-corrected chi connectivity index (χ3v) is 3.59. The molecule has 0 heterocycles. The summed E-state index contributed by atoms with van der Waals surface area (Å²) in [5, 5.41) is 12.6. The fraction of sp³-hybridized carbons (Fsp3) is 0.462. The second-order valence-corrected chi connectivity index (χ2v) is 4.75. The third-order valence-electron chi connectivity index (χ3n) is 3.27. The predicted molar refractivity (Wildman–Crippen MR) is 73.7 cm³/mol. The van der Waals surface area contributed by atoms with Crippen LogP contribution in [0, 0.1) is 0 Å². The lowest BCUT2D eigenvalue weighted by Gasteiger charge is -2.30. The van der Waals surface area contributed by atoms with Crippen molar-refractivity contribution < 1.29 is 9.90 Å². The molecule has 0 unspecified atom stereocenters. The molecule has 0 saturated heterocycles. The van der Waals surface area contributed by atoms with E-state index in [0.717, 1.165) is 0 Å².